The molecule has 0 saturated heterocycles. The van der Waals surface area contributed by atoms with Crippen LogP contribution in [0.3, 0.4) is 0 Å². The van der Waals surface area contributed by atoms with Crippen LogP contribution in [0.4, 0.5) is 0 Å². The topological polar surface area (TPSA) is 30.5 Å². The minimum absolute atomic E-state index is 0.607. The summed E-state index contributed by atoms with van der Waals surface area (Å²) in [5.74, 6) is 2.21. The number of rotatable bonds is 19. The average Bonchev–Trinajstić information content (AvgIpc) is 2.57. The van der Waals surface area contributed by atoms with E-state index in [1.807, 2.05) is 0 Å². The number of ether oxygens (including phenoxy) is 2. The van der Waals surface area contributed by atoms with Gasteiger partial charge in [-0.1, -0.05) is 60.3 Å². The molecule has 0 aromatic heterocycles. The smallest absolute Gasteiger partial charge is 0.0700 e. The van der Waals surface area contributed by atoms with Gasteiger partial charge >= 0.3 is 0 Å². The highest BCUT2D eigenvalue weighted by Crippen LogP contribution is 2.13. The van der Waals surface area contributed by atoms with E-state index in [4.69, 9.17) is 9.47 Å². The molecule has 2 unspecified atom stereocenters. The molecule has 0 spiro atoms. The Kier molecular flexibility index (Phi) is 18.2. The second-order valence-electron chi connectivity index (χ2n) is 9.00. The van der Waals surface area contributed by atoms with Crippen molar-refractivity contribution in [2.45, 2.75) is 99.0 Å². The van der Waals surface area contributed by atoms with Gasteiger partial charge in [0.2, 0.25) is 0 Å². The summed E-state index contributed by atoms with van der Waals surface area (Å²) >= 11 is 0. The van der Waals surface area contributed by atoms with Crippen LogP contribution in [0.25, 0.3) is 0 Å². The van der Waals surface area contributed by atoms with Gasteiger partial charge in [-0.25, -0.2) is 0 Å². The molecule has 0 fully saturated rings. The zero-order valence-electron chi connectivity index (χ0n) is 18.8. The van der Waals surface area contributed by atoms with Gasteiger partial charge < -0.3 is 14.8 Å². The second kappa shape index (κ2) is 18.3. The zero-order chi connectivity index (χ0) is 19.6. The van der Waals surface area contributed by atoms with E-state index >= 15 is 0 Å². The van der Waals surface area contributed by atoms with Crippen molar-refractivity contribution in [2.75, 3.05) is 33.0 Å². The van der Waals surface area contributed by atoms with Crippen molar-refractivity contribution in [1.82, 2.24) is 5.32 Å². The van der Waals surface area contributed by atoms with Crippen molar-refractivity contribution in [3.8, 4) is 0 Å². The van der Waals surface area contributed by atoms with Gasteiger partial charge in [0.25, 0.3) is 0 Å². The molecule has 26 heavy (non-hydrogen) atoms. The number of nitrogens with one attached hydrogen (secondary N) is 1. The minimum Gasteiger partial charge on any atom is -0.379 e. The lowest BCUT2D eigenvalue weighted by atomic mass is 9.99. The van der Waals surface area contributed by atoms with Crippen LogP contribution < -0.4 is 5.32 Å². The van der Waals surface area contributed by atoms with Crippen molar-refractivity contribution in [3.05, 3.63) is 0 Å². The van der Waals surface area contributed by atoms with E-state index < -0.39 is 0 Å². The largest absolute Gasteiger partial charge is 0.379 e. The van der Waals surface area contributed by atoms with Crippen molar-refractivity contribution in [3.63, 3.8) is 0 Å². The molecule has 0 rings (SSSR count). The van der Waals surface area contributed by atoms with Crippen molar-refractivity contribution >= 4 is 0 Å². The maximum atomic E-state index is 5.68. The summed E-state index contributed by atoms with van der Waals surface area (Å²) in [4.78, 5) is 0. The van der Waals surface area contributed by atoms with Crippen LogP contribution in [-0.4, -0.2) is 39.0 Å². The van der Waals surface area contributed by atoms with E-state index in [0.29, 0.717) is 12.0 Å². The van der Waals surface area contributed by atoms with Gasteiger partial charge in [0, 0.05) is 19.3 Å². The molecule has 0 radical (unpaired) electrons. The Balaban J connectivity index is 3.35. The lowest BCUT2D eigenvalue weighted by Gasteiger charge is -2.17. The summed E-state index contributed by atoms with van der Waals surface area (Å²) < 4.78 is 11.2. The number of hydrogen-bond donors (Lipinski definition) is 1. The fraction of sp³-hybridized carbons (Fsp3) is 1.00. The van der Waals surface area contributed by atoms with Crippen LogP contribution in [0.5, 0.6) is 0 Å². The standard InChI is InChI=1S/C23H49NO2/c1-20(2)11-9-7-8-10-15-24-23(6)13-12-22(5)14-16-25-17-18-26-19-21(3)4/h20-24H,7-19H2,1-6H3. The molecule has 2 atom stereocenters. The maximum Gasteiger partial charge on any atom is 0.0700 e. The van der Waals surface area contributed by atoms with Gasteiger partial charge in [-0.05, 0) is 56.9 Å². The van der Waals surface area contributed by atoms with Crippen LogP contribution in [0.1, 0.15) is 92.9 Å². The Morgan fingerprint density at radius 1 is 0.615 bits per heavy atom. The Hall–Kier alpha value is -0.120. The van der Waals surface area contributed by atoms with Gasteiger partial charge in [0.15, 0.2) is 0 Å². The second-order valence-corrected chi connectivity index (χ2v) is 9.00. The summed E-state index contributed by atoms with van der Waals surface area (Å²) in [6.45, 7) is 18.0. The Morgan fingerprint density at radius 2 is 1.31 bits per heavy atom. The molecule has 0 saturated carbocycles. The van der Waals surface area contributed by atoms with Crippen molar-refractivity contribution in [2.24, 2.45) is 17.8 Å². The molecule has 3 nitrogen and oxygen atoms in total. The SMILES string of the molecule is CC(C)CCCCCCNC(C)CCC(C)CCOCCOCC(C)C. The molecule has 1 N–H and O–H groups in total. The third-order valence-corrected chi connectivity index (χ3v) is 4.87. The normalized spacial score (nSPS) is 14.3. The fourth-order valence-corrected chi connectivity index (χ4v) is 2.98. The van der Waals surface area contributed by atoms with Crippen LogP contribution in [-0.2, 0) is 9.47 Å². The van der Waals surface area contributed by atoms with Crippen LogP contribution in [0.15, 0.2) is 0 Å². The van der Waals surface area contributed by atoms with Crippen LogP contribution in [0, 0.1) is 17.8 Å². The van der Waals surface area contributed by atoms with Crippen LogP contribution in [0.2, 0.25) is 0 Å². The maximum absolute atomic E-state index is 5.68. The third-order valence-electron chi connectivity index (χ3n) is 4.87. The predicted molar refractivity (Wildman–Crippen MR) is 115 cm³/mol. The van der Waals surface area contributed by atoms with Gasteiger partial charge in [-0.15, -0.1) is 0 Å². The van der Waals surface area contributed by atoms with E-state index in [-0.39, 0.29) is 0 Å². The summed E-state index contributed by atoms with van der Waals surface area (Å²) in [6, 6.07) is 0.637. The molecule has 0 bridgehead atoms. The van der Waals surface area contributed by atoms with Crippen molar-refractivity contribution < 1.29 is 9.47 Å². The molecule has 0 aromatic rings. The fourth-order valence-electron chi connectivity index (χ4n) is 2.98. The zero-order valence-corrected chi connectivity index (χ0v) is 18.8. The lowest BCUT2D eigenvalue weighted by Crippen LogP contribution is -2.27. The monoisotopic (exact) mass is 371 g/mol. The van der Waals surface area contributed by atoms with E-state index in [9.17, 15) is 0 Å². The average molecular weight is 372 g/mol. The summed E-state index contributed by atoms with van der Waals surface area (Å²) in [7, 11) is 0. The summed E-state index contributed by atoms with van der Waals surface area (Å²) in [5, 5.41) is 3.69. The Morgan fingerprint density at radius 3 is 2.00 bits per heavy atom. The van der Waals surface area contributed by atoms with Crippen molar-refractivity contribution in [1.29, 1.82) is 0 Å². The molecule has 3 heteroatoms. The van der Waals surface area contributed by atoms with Crippen LogP contribution >= 0.6 is 0 Å². The molecule has 0 aliphatic heterocycles. The highest BCUT2D eigenvalue weighted by atomic mass is 16.5. The first-order valence-corrected chi connectivity index (χ1v) is 11.3. The third kappa shape index (κ3) is 20.2. The van der Waals surface area contributed by atoms with Gasteiger partial charge in [-0.2, -0.15) is 0 Å². The summed E-state index contributed by atoms with van der Waals surface area (Å²) in [6.07, 6.45) is 10.6. The summed E-state index contributed by atoms with van der Waals surface area (Å²) in [5.41, 5.74) is 0. The molecule has 0 aliphatic rings. The molecule has 0 heterocycles. The molecule has 0 aliphatic carbocycles. The molecular formula is C23H49NO2. The van der Waals surface area contributed by atoms with Gasteiger partial charge in [0.05, 0.1) is 13.2 Å². The number of hydrogen-bond acceptors (Lipinski definition) is 3. The van der Waals surface area contributed by atoms with Gasteiger partial charge in [0.1, 0.15) is 0 Å². The van der Waals surface area contributed by atoms with E-state index in [1.54, 1.807) is 0 Å². The molecule has 0 amide bonds. The first-order chi connectivity index (χ1) is 12.4. The minimum atomic E-state index is 0.607. The first kappa shape index (κ1) is 25.9. The molecular weight excluding hydrogens is 322 g/mol. The highest BCUT2D eigenvalue weighted by Gasteiger charge is 2.06. The van der Waals surface area contributed by atoms with E-state index in [2.05, 4.69) is 46.9 Å². The highest BCUT2D eigenvalue weighted by molar-refractivity contribution is 4.64. The van der Waals surface area contributed by atoms with E-state index in [1.165, 1.54) is 51.5 Å². The predicted octanol–water partition coefficient (Wildman–Crippen LogP) is 6.07. The van der Waals surface area contributed by atoms with Gasteiger partial charge in [-0.3, -0.25) is 0 Å². The Labute approximate surface area is 165 Å². The molecule has 0 aromatic carbocycles. The van der Waals surface area contributed by atoms with E-state index in [0.717, 1.165) is 44.7 Å². The lowest BCUT2D eigenvalue weighted by molar-refractivity contribution is 0.0338. The number of unbranched alkanes of at least 4 members (excludes halogenated alkanes) is 3. The first-order valence-electron chi connectivity index (χ1n) is 11.3. The Bertz CT molecular complexity index is 253. The quantitative estimate of drug-likeness (QED) is 0.280. The molecule has 158 valence electrons.